The van der Waals surface area contributed by atoms with Crippen LogP contribution >= 0.6 is 0 Å². The van der Waals surface area contributed by atoms with Crippen molar-refractivity contribution in [2.45, 2.75) is 13.8 Å². The summed E-state index contributed by atoms with van der Waals surface area (Å²) in [4.78, 5) is 27.0. The lowest BCUT2D eigenvalue weighted by Gasteiger charge is -2.23. The van der Waals surface area contributed by atoms with Crippen LogP contribution in [0.25, 0.3) is 0 Å². The predicted octanol–water partition coefficient (Wildman–Crippen LogP) is 3.23. The lowest BCUT2D eigenvalue weighted by atomic mass is 9.90. The van der Waals surface area contributed by atoms with Crippen LogP contribution < -0.4 is 15.5 Å². The second kappa shape index (κ2) is 7.70. The largest absolute Gasteiger partial charge is 0.378 e. The SMILES string of the molecule is CN(C)c1ccc(NC(=O)C(C)(C)C(=O)Nc2ccc(C#N)cc2)cc1. The number of nitriles is 1. The van der Waals surface area contributed by atoms with Crippen LogP contribution in [-0.4, -0.2) is 25.9 Å². The molecule has 0 aliphatic carbocycles. The van der Waals surface area contributed by atoms with E-state index in [2.05, 4.69) is 10.6 Å². The first kappa shape index (κ1) is 19.0. The van der Waals surface area contributed by atoms with Crippen LogP contribution in [0.15, 0.2) is 48.5 Å². The minimum absolute atomic E-state index is 0.402. The highest BCUT2D eigenvalue weighted by Crippen LogP contribution is 2.23. The van der Waals surface area contributed by atoms with Crippen LogP contribution in [0.1, 0.15) is 19.4 Å². The van der Waals surface area contributed by atoms with Crippen molar-refractivity contribution in [1.29, 1.82) is 5.26 Å². The number of hydrogen-bond donors (Lipinski definition) is 2. The van der Waals surface area contributed by atoms with Gasteiger partial charge in [0.2, 0.25) is 11.8 Å². The number of rotatable bonds is 5. The third kappa shape index (κ3) is 4.39. The highest BCUT2D eigenvalue weighted by molar-refractivity contribution is 6.14. The van der Waals surface area contributed by atoms with Gasteiger partial charge in [0.05, 0.1) is 11.6 Å². The summed E-state index contributed by atoms with van der Waals surface area (Å²) in [5.41, 5.74) is 1.40. The Balaban J connectivity index is 2.05. The molecule has 6 nitrogen and oxygen atoms in total. The van der Waals surface area contributed by atoms with Gasteiger partial charge in [-0.15, -0.1) is 0 Å². The van der Waals surface area contributed by atoms with E-state index in [4.69, 9.17) is 5.26 Å². The van der Waals surface area contributed by atoms with Crippen LogP contribution in [0.4, 0.5) is 17.1 Å². The molecule has 0 aliphatic heterocycles. The zero-order valence-electron chi connectivity index (χ0n) is 15.3. The second-order valence-electron chi connectivity index (χ2n) is 6.66. The molecule has 0 fully saturated rings. The Morgan fingerprint density at radius 1 is 0.885 bits per heavy atom. The molecule has 2 aromatic carbocycles. The van der Waals surface area contributed by atoms with Gasteiger partial charge in [0, 0.05) is 31.2 Å². The molecule has 2 amide bonds. The zero-order valence-corrected chi connectivity index (χ0v) is 15.3. The molecule has 2 N–H and O–H groups in total. The Morgan fingerprint density at radius 3 is 1.69 bits per heavy atom. The molecule has 134 valence electrons. The van der Waals surface area contributed by atoms with E-state index in [9.17, 15) is 9.59 Å². The van der Waals surface area contributed by atoms with Gasteiger partial charge in [0.25, 0.3) is 0 Å². The molecule has 0 atom stereocenters. The molecular weight excluding hydrogens is 328 g/mol. The van der Waals surface area contributed by atoms with E-state index in [0.29, 0.717) is 16.9 Å². The van der Waals surface area contributed by atoms with E-state index in [1.165, 1.54) is 0 Å². The fourth-order valence-corrected chi connectivity index (χ4v) is 2.15. The number of carbonyl (C=O) groups is 2. The van der Waals surface area contributed by atoms with Crippen molar-refractivity contribution in [3.63, 3.8) is 0 Å². The maximum Gasteiger partial charge on any atom is 0.239 e. The lowest BCUT2D eigenvalue weighted by Crippen LogP contribution is -2.41. The smallest absolute Gasteiger partial charge is 0.239 e. The van der Waals surface area contributed by atoms with Crippen LogP contribution in [0.2, 0.25) is 0 Å². The van der Waals surface area contributed by atoms with Crippen molar-refractivity contribution in [2.24, 2.45) is 5.41 Å². The number of anilines is 3. The van der Waals surface area contributed by atoms with Gasteiger partial charge in [0.15, 0.2) is 0 Å². The van der Waals surface area contributed by atoms with Crippen LogP contribution in [0.5, 0.6) is 0 Å². The quantitative estimate of drug-likeness (QED) is 0.811. The molecule has 0 heterocycles. The predicted molar refractivity (Wildman–Crippen MR) is 103 cm³/mol. The van der Waals surface area contributed by atoms with Gasteiger partial charge in [-0.1, -0.05) is 0 Å². The van der Waals surface area contributed by atoms with Crippen LogP contribution in [0.3, 0.4) is 0 Å². The molecule has 2 aromatic rings. The minimum atomic E-state index is -1.27. The molecule has 0 saturated carbocycles. The molecule has 0 aliphatic rings. The Morgan fingerprint density at radius 2 is 1.31 bits per heavy atom. The Hall–Kier alpha value is -3.33. The molecule has 0 bridgehead atoms. The second-order valence-corrected chi connectivity index (χ2v) is 6.66. The van der Waals surface area contributed by atoms with E-state index in [0.717, 1.165) is 5.69 Å². The van der Waals surface area contributed by atoms with Gasteiger partial charge in [-0.25, -0.2) is 0 Å². The van der Waals surface area contributed by atoms with Gasteiger partial charge < -0.3 is 15.5 Å². The summed E-state index contributed by atoms with van der Waals surface area (Å²) < 4.78 is 0. The first-order valence-corrected chi connectivity index (χ1v) is 8.14. The Bertz CT molecular complexity index is 832. The van der Waals surface area contributed by atoms with Crippen molar-refractivity contribution >= 4 is 28.9 Å². The first-order valence-electron chi connectivity index (χ1n) is 8.14. The molecular formula is C20H22N4O2. The molecule has 0 saturated heterocycles. The fourth-order valence-electron chi connectivity index (χ4n) is 2.15. The summed E-state index contributed by atoms with van der Waals surface area (Å²) in [6.45, 7) is 3.13. The number of amides is 2. The Labute approximate surface area is 153 Å². The van der Waals surface area contributed by atoms with Gasteiger partial charge >= 0.3 is 0 Å². The van der Waals surface area contributed by atoms with Crippen molar-refractivity contribution in [3.8, 4) is 6.07 Å². The van der Waals surface area contributed by atoms with Crippen molar-refractivity contribution < 1.29 is 9.59 Å². The van der Waals surface area contributed by atoms with Crippen molar-refractivity contribution in [1.82, 2.24) is 0 Å². The molecule has 26 heavy (non-hydrogen) atoms. The standard InChI is InChI=1S/C20H22N4O2/c1-20(2,18(25)22-15-7-5-14(13-21)6-8-15)19(26)23-16-9-11-17(12-10-16)24(3)4/h5-12H,1-4H3,(H,22,25)(H,23,26). The molecule has 6 heteroatoms. The molecule has 0 radical (unpaired) electrons. The van der Waals surface area contributed by atoms with E-state index < -0.39 is 17.2 Å². The average Bonchev–Trinajstić information content (AvgIpc) is 2.62. The number of nitrogens with one attached hydrogen (secondary N) is 2. The maximum absolute atomic E-state index is 12.6. The third-order valence-corrected chi connectivity index (χ3v) is 4.05. The van der Waals surface area contributed by atoms with E-state index >= 15 is 0 Å². The maximum atomic E-state index is 12.6. The topological polar surface area (TPSA) is 85.2 Å². The lowest BCUT2D eigenvalue weighted by molar-refractivity contribution is -0.135. The summed E-state index contributed by atoms with van der Waals surface area (Å²) in [6.07, 6.45) is 0. The molecule has 2 rings (SSSR count). The highest BCUT2D eigenvalue weighted by Gasteiger charge is 2.36. The summed E-state index contributed by atoms with van der Waals surface area (Å²) in [5.74, 6) is -0.828. The van der Waals surface area contributed by atoms with Crippen LogP contribution in [-0.2, 0) is 9.59 Å². The average molecular weight is 350 g/mol. The van der Waals surface area contributed by atoms with Gasteiger partial charge in [-0.2, -0.15) is 5.26 Å². The summed E-state index contributed by atoms with van der Waals surface area (Å²) in [7, 11) is 3.87. The Kier molecular flexibility index (Phi) is 5.63. The van der Waals surface area contributed by atoms with E-state index in [1.807, 2.05) is 37.2 Å². The first-order chi connectivity index (χ1) is 12.2. The van der Waals surface area contributed by atoms with Crippen molar-refractivity contribution in [2.75, 3.05) is 29.6 Å². The number of hydrogen-bond acceptors (Lipinski definition) is 4. The fraction of sp³-hybridized carbons (Fsp3) is 0.250. The number of benzene rings is 2. The van der Waals surface area contributed by atoms with E-state index in [1.54, 1.807) is 50.2 Å². The molecule has 0 unspecified atom stereocenters. The molecule has 0 aromatic heterocycles. The normalized spacial score (nSPS) is 10.6. The van der Waals surface area contributed by atoms with Gasteiger partial charge in [0.1, 0.15) is 5.41 Å². The zero-order chi connectivity index (χ0) is 19.3. The van der Waals surface area contributed by atoms with Crippen molar-refractivity contribution in [3.05, 3.63) is 54.1 Å². The van der Waals surface area contributed by atoms with Crippen LogP contribution in [0, 0.1) is 16.7 Å². The third-order valence-electron chi connectivity index (χ3n) is 4.05. The number of nitrogens with zero attached hydrogens (tertiary/aromatic N) is 2. The highest BCUT2D eigenvalue weighted by atomic mass is 16.2. The summed E-state index contributed by atoms with van der Waals surface area (Å²) in [6, 6.07) is 15.8. The summed E-state index contributed by atoms with van der Waals surface area (Å²) >= 11 is 0. The van der Waals surface area contributed by atoms with E-state index in [-0.39, 0.29) is 0 Å². The van der Waals surface area contributed by atoms with Gasteiger partial charge in [-0.3, -0.25) is 9.59 Å². The monoisotopic (exact) mass is 350 g/mol. The minimum Gasteiger partial charge on any atom is -0.378 e. The molecule has 0 spiro atoms. The summed E-state index contributed by atoms with van der Waals surface area (Å²) in [5, 5.41) is 14.3. The van der Waals surface area contributed by atoms with Gasteiger partial charge in [-0.05, 0) is 62.4 Å². The number of carbonyl (C=O) groups excluding carboxylic acids is 2.